The second-order valence-electron chi connectivity index (χ2n) is 7.51. The number of hydrogen-bond acceptors (Lipinski definition) is 6. The Kier molecular flexibility index (Phi) is 6.52. The number of pyridine rings is 1. The number of nitrogens with one attached hydrogen (secondary N) is 1. The van der Waals surface area contributed by atoms with Crippen LogP contribution in [0.4, 0.5) is 13.2 Å². The quantitative estimate of drug-likeness (QED) is 0.429. The van der Waals surface area contributed by atoms with Gasteiger partial charge >= 0.3 is 6.18 Å². The van der Waals surface area contributed by atoms with Gasteiger partial charge in [0.25, 0.3) is 5.91 Å². The third kappa shape index (κ3) is 5.47. The fourth-order valence-corrected chi connectivity index (χ4v) is 3.56. The molecule has 35 heavy (non-hydrogen) atoms. The molecular weight excluding hydrogens is 485 g/mol. The molecule has 0 saturated carbocycles. The Bertz CT molecular complexity index is 1410. The van der Waals surface area contributed by atoms with Gasteiger partial charge in [0, 0.05) is 23.0 Å². The molecule has 0 saturated heterocycles. The monoisotopic (exact) mass is 500 g/mol. The van der Waals surface area contributed by atoms with Crippen LogP contribution in [0.5, 0.6) is 0 Å². The molecule has 0 unspecified atom stereocenters. The number of amides is 1. The van der Waals surface area contributed by atoms with Crippen molar-refractivity contribution in [3.8, 4) is 11.9 Å². The molecule has 0 aliphatic rings. The van der Waals surface area contributed by atoms with Crippen LogP contribution in [-0.4, -0.2) is 35.4 Å². The number of halogens is 4. The van der Waals surface area contributed by atoms with Crippen LogP contribution in [0.25, 0.3) is 5.82 Å². The molecule has 1 atom stereocenters. The SMILES string of the molecule is C[C@H](NC(=O)c1cc(Cl)cc(Cn2cc(C(F)(F)F)cn2)c1)c1ncnn1-c1ccc(C#N)cn1. The van der Waals surface area contributed by atoms with Crippen LogP contribution in [-0.2, 0) is 12.7 Å². The summed E-state index contributed by atoms with van der Waals surface area (Å²) >= 11 is 6.16. The van der Waals surface area contributed by atoms with Crippen molar-refractivity contribution in [2.75, 3.05) is 0 Å². The van der Waals surface area contributed by atoms with Gasteiger partial charge in [0.15, 0.2) is 11.6 Å². The average molecular weight is 501 g/mol. The number of carbonyl (C=O) groups is 1. The van der Waals surface area contributed by atoms with Gasteiger partial charge in [-0.05, 0) is 42.8 Å². The molecule has 3 aromatic heterocycles. The summed E-state index contributed by atoms with van der Waals surface area (Å²) in [5.74, 6) is 0.342. The van der Waals surface area contributed by atoms with Crippen molar-refractivity contribution in [2.45, 2.75) is 25.7 Å². The summed E-state index contributed by atoms with van der Waals surface area (Å²) in [6.45, 7) is 1.70. The number of rotatable bonds is 6. The lowest BCUT2D eigenvalue weighted by atomic mass is 10.1. The maximum absolute atomic E-state index is 12.9. The van der Waals surface area contributed by atoms with E-state index in [2.05, 4.69) is 25.5 Å². The van der Waals surface area contributed by atoms with Gasteiger partial charge in [-0.2, -0.15) is 33.3 Å². The Morgan fingerprint density at radius 3 is 2.66 bits per heavy atom. The third-order valence-electron chi connectivity index (χ3n) is 4.93. The molecule has 1 N–H and O–H groups in total. The van der Waals surface area contributed by atoms with E-state index in [0.717, 1.165) is 17.1 Å². The Labute approximate surface area is 201 Å². The highest BCUT2D eigenvalue weighted by molar-refractivity contribution is 6.31. The number of nitrogens with zero attached hydrogens (tertiary/aromatic N) is 7. The van der Waals surface area contributed by atoms with E-state index in [1.54, 1.807) is 25.1 Å². The largest absolute Gasteiger partial charge is 0.419 e. The first-order valence-electron chi connectivity index (χ1n) is 10.1. The van der Waals surface area contributed by atoms with E-state index in [1.165, 1.54) is 29.3 Å². The van der Waals surface area contributed by atoms with Gasteiger partial charge in [-0.1, -0.05) is 11.6 Å². The first kappa shape index (κ1) is 23.9. The van der Waals surface area contributed by atoms with Crippen molar-refractivity contribution in [3.05, 3.63) is 88.4 Å². The molecule has 0 spiro atoms. The molecule has 178 valence electrons. The molecule has 0 aliphatic heterocycles. The Hall–Kier alpha value is -4.24. The minimum absolute atomic E-state index is 0.00877. The number of hydrogen-bond donors (Lipinski definition) is 1. The van der Waals surface area contributed by atoms with Gasteiger partial charge < -0.3 is 5.32 Å². The van der Waals surface area contributed by atoms with Gasteiger partial charge in [0.1, 0.15) is 12.4 Å². The van der Waals surface area contributed by atoms with Crippen molar-refractivity contribution in [1.82, 2.24) is 34.8 Å². The van der Waals surface area contributed by atoms with Gasteiger partial charge in [-0.15, -0.1) is 0 Å². The zero-order chi connectivity index (χ0) is 25.2. The van der Waals surface area contributed by atoms with Crippen LogP contribution >= 0.6 is 11.6 Å². The number of nitriles is 1. The first-order valence-corrected chi connectivity index (χ1v) is 10.5. The summed E-state index contributed by atoms with van der Waals surface area (Å²) in [4.78, 5) is 21.3. The molecule has 4 rings (SSSR count). The fraction of sp³-hybridized carbons (Fsp3) is 0.182. The zero-order valence-electron chi connectivity index (χ0n) is 18.0. The second-order valence-corrected chi connectivity index (χ2v) is 7.95. The highest BCUT2D eigenvalue weighted by Gasteiger charge is 2.32. The van der Waals surface area contributed by atoms with Crippen LogP contribution in [0, 0.1) is 11.3 Å². The molecule has 0 bridgehead atoms. The number of alkyl halides is 3. The van der Waals surface area contributed by atoms with E-state index < -0.39 is 23.7 Å². The summed E-state index contributed by atoms with van der Waals surface area (Å²) in [5.41, 5.74) is 0.229. The van der Waals surface area contributed by atoms with E-state index in [9.17, 15) is 18.0 Å². The Balaban J connectivity index is 1.51. The van der Waals surface area contributed by atoms with Crippen LogP contribution in [0.1, 0.15) is 45.8 Å². The minimum atomic E-state index is -4.50. The lowest BCUT2D eigenvalue weighted by Gasteiger charge is -2.15. The lowest BCUT2D eigenvalue weighted by molar-refractivity contribution is -0.137. The maximum atomic E-state index is 12.9. The topological polar surface area (TPSA) is 114 Å². The van der Waals surface area contributed by atoms with Gasteiger partial charge in [-0.3, -0.25) is 9.48 Å². The molecule has 9 nitrogen and oxygen atoms in total. The van der Waals surface area contributed by atoms with Crippen molar-refractivity contribution >= 4 is 17.5 Å². The van der Waals surface area contributed by atoms with Gasteiger partial charge in [0.05, 0.1) is 29.9 Å². The number of aromatic nitrogens is 6. The third-order valence-corrected chi connectivity index (χ3v) is 5.15. The first-order chi connectivity index (χ1) is 16.6. The molecule has 0 aliphatic carbocycles. The molecule has 1 amide bonds. The highest BCUT2D eigenvalue weighted by Crippen LogP contribution is 2.28. The molecule has 3 heterocycles. The van der Waals surface area contributed by atoms with E-state index in [0.29, 0.717) is 22.8 Å². The average Bonchev–Trinajstić information content (AvgIpc) is 3.48. The van der Waals surface area contributed by atoms with E-state index in [1.807, 2.05) is 6.07 Å². The summed E-state index contributed by atoms with van der Waals surface area (Å²) in [7, 11) is 0. The standard InChI is InChI=1S/C22H16ClF3N8O/c1-13(20-29-12-31-34(20)19-3-2-14(7-27)8-28-19)32-21(35)16-4-15(5-18(23)6-16)10-33-11-17(9-30-33)22(24,25)26/h2-6,8-9,11-13H,10H2,1H3,(H,32,35)/t13-/m0/s1. The van der Waals surface area contributed by atoms with E-state index in [4.69, 9.17) is 16.9 Å². The summed E-state index contributed by atoms with van der Waals surface area (Å²) in [5, 5.41) is 19.8. The Morgan fingerprint density at radius 2 is 2.00 bits per heavy atom. The fourth-order valence-electron chi connectivity index (χ4n) is 3.30. The molecular formula is C22H16ClF3N8O. The molecule has 4 aromatic rings. The van der Waals surface area contributed by atoms with Crippen LogP contribution < -0.4 is 5.32 Å². The van der Waals surface area contributed by atoms with E-state index >= 15 is 0 Å². The van der Waals surface area contributed by atoms with Gasteiger partial charge in [-0.25, -0.2) is 9.97 Å². The van der Waals surface area contributed by atoms with Crippen LogP contribution in [0.3, 0.4) is 0 Å². The van der Waals surface area contributed by atoms with E-state index in [-0.39, 0.29) is 17.1 Å². The smallest absolute Gasteiger partial charge is 0.342 e. The van der Waals surface area contributed by atoms with Crippen LogP contribution in [0.15, 0.2) is 55.2 Å². The molecule has 1 aromatic carbocycles. The predicted octanol–water partition coefficient (Wildman–Crippen LogP) is 3.94. The summed E-state index contributed by atoms with van der Waals surface area (Å²) in [6.07, 6.45) is -0.170. The molecule has 0 fully saturated rings. The van der Waals surface area contributed by atoms with Crippen molar-refractivity contribution in [3.63, 3.8) is 0 Å². The lowest BCUT2D eigenvalue weighted by Crippen LogP contribution is -2.29. The van der Waals surface area contributed by atoms with Crippen molar-refractivity contribution < 1.29 is 18.0 Å². The van der Waals surface area contributed by atoms with Gasteiger partial charge in [0.2, 0.25) is 0 Å². The predicted molar refractivity (Wildman–Crippen MR) is 118 cm³/mol. The van der Waals surface area contributed by atoms with Crippen molar-refractivity contribution in [1.29, 1.82) is 5.26 Å². The minimum Gasteiger partial charge on any atom is -0.342 e. The highest BCUT2D eigenvalue weighted by atomic mass is 35.5. The number of benzene rings is 1. The molecule has 13 heteroatoms. The second kappa shape index (κ2) is 9.55. The molecule has 0 radical (unpaired) electrons. The summed E-state index contributed by atoms with van der Waals surface area (Å²) < 4.78 is 41.0. The number of carbonyl (C=O) groups excluding carboxylic acids is 1. The maximum Gasteiger partial charge on any atom is 0.419 e. The van der Waals surface area contributed by atoms with Crippen LogP contribution in [0.2, 0.25) is 5.02 Å². The zero-order valence-corrected chi connectivity index (χ0v) is 18.8. The Morgan fingerprint density at radius 1 is 1.20 bits per heavy atom. The normalized spacial score (nSPS) is 12.2. The summed E-state index contributed by atoms with van der Waals surface area (Å²) in [6, 6.07) is 9.10. The van der Waals surface area contributed by atoms with Crippen molar-refractivity contribution in [2.24, 2.45) is 0 Å².